The van der Waals surface area contributed by atoms with Gasteiger partial charge < -0.3 is 28.6 Å². The predicted molar refractivity (Wildman–Crippen MR) is 135 cm³/mol. The molecule has 3 rings (SSSR count). The fraction of sp³-hybridized carbons (Fsp3) is 0.500. The number of thioether (sulfide) groups is 2. The van der Waals surface area contributed by atoms with Gasteiger partial charge in [-0.15, -0.1) is 23.5 Å². The van der Waals surface area contributed by atoms with Crippen LogP contribution in [-0.4, -0.2) is 54.9 Å². The van der Waals surface area contributed by atoms with Crippen LogP contribution in [0.4, 0.5) is 5.69 Å². The predicted octanol–water partition coefficient (Wildman–Crippen LogP) is 5.80. The first-order valence-electron chi connectivity index (χ1n) is 10.6. The number of anilines is 1. The van der Waals surface area contributed by atoms with Gasteiger partial charge in [0.15, 0.2) is 23.0 Å². The molecule has 0 amide bonds. The Balaban J connectivity index is 1.90. The lowest BCUT2D eigenvalue weighted by Crippen LogP contribution is -2.12. The van der Waals surface area contributed by atoms with Gasteiger partial charge in [0, 0.05) is 25.1 Å². The Labute approximate surface area is 199 Å². The van der Waals surface area contributed by atoms with Crippen molar-refractivity contribution in [1.82, 2.24) is 0 Å². The molecule has 8 heteroatoms. The first-order valence-corrected chi connectivity index (χ1v) is 12.5. The summed E-state index contributed by atoms with van der Waals surface area (Å²) in [7, 11) is 10.7. The number of benzene rings is 2. The van der Waals surface area contributed by atoms with Gasteiger partial charge in [0.05, 0.1) is 45.3 Å². The molecule has 2 unspecified atom stereocenters. The van der Waals surface area contributed by atoms with E-state index >= 15 is 0 Å². The summed E-state index contributed by atoms with van der Waals surface area (Å²) in [6.07, 6.45) is 0.947. The van der Waals surface area contributed by atoms with E-state index in [2.05, 4.69) is 36.1 Å². The van der Waals surface area contributed by atoms with E-state index in [1.807, 2.05) is 37.6 Å². The quantitative estimate of drug-likeness (QED) is 0.424. The number of methoxy groups -OCH3 is 4. The number of hydrogen-bond acceptors (Lipinski definition) is 8. The molecule has 0 aliphatic carbocycles. The molecule has 0 radical (unpaired) electrons. The highest BCUT2D eigenvalue weighted by molar-refractivity contribution is 8.19. The van der Waals surface area contributed by atoms with Crippen LogP contribution in [0.2, 0.25) is 0 Å². The van der Waals surface area contributed by atoms with Crippen molar-refractivity contribution >= 4 is 29.2 Å². The van der Waals surface area contributed by atoms with Gasteiger partial charge >= 0.3 is 0 Å². The van der Waals surface area contributed by atoms with Gasteiger partial charge in [-0.1, -0.05) is 6.92 Å². The number of rotatable bonds is 10. The molecule has 2 aromatic rings. The van der Waals surface area contributed by atoms with Crippen LogP contribution in [-0.2, 0) is 0 Å². The Bertz CT molecular complexity index is 896. The van der Waals surface area contributed by atoms with E-state index in [-0.39, 0.29) is 4.58 Å². The number of hydrogen-bond donors (Lipinski definition) is 0. The fourth-order valence-corrected chi connectivity index (χ4v) is 6.87. The second-order valence-corrected chi connectivity index (χ2v) is 10.3. The number of nitrogens with zero attached hydrogens (tertiary/aromatic N) is 1. The average molecular weight is 480 g/mol. The van der Waals surface area contributed by atoms with E-state index < -0.39 is 0 Å². The standard InChI is InChI=1S/C24H33NO5S2/c1-8-9-30-22-17(25(2)3)10-16(13-18(22)26-4)24-31-14-21(32-24)15-11-19(27-5)23(29-7)20(12-15)28-6/h10-13,21,24H,8-9,14H2,1-7H3. The highest BCUT2D eigenvalue weighted by atomic mass is 32.2. The van der Waals surface area contributed by atoms with Gasteiger partial charge in [-0.3, -0.25) is 0 Å². The molecule has 0 saturated carbocycles. The van der Waals surface area contributed by atoms with Crippen molar-refractivity contribution < 1.29 is 23.7 Å². The first-order chi connectivity index (χ1) is 15.5. The zero-order valence-corrected chi connectivity index (χ0v) is 21.5. The molecule has 1 aliphatic heterocycles. The van der Waals surface area contributed by atoms with E-state index in [9.17, 15) is 0 Å². The minimum atomic E-state index is 0.284. The third kappa shape index (κ3) is 5.12. The van der Waals surface area contributed by atoms with Crippen LogP contribution in [0.1, 0.15) is 34.3 Å². The molecule has 1 heterocycles. The molecule has 0 aromatic heterocycles. The minimum absolute atomic E-state index is 0.284. The maximum absolute atomic E-state index is 6.03. The van der Waals surface area contributed by atoms with Crippen LogP contribution < -0.4 is 28.6 Å². The number of ether oxygens (including phenoxy) is 5. The van der Waals surface area contributed by atoms with E-state index in [1.165, 1.54) is 11.1 Å². The minimum Gasteiger partial charge on any atom is -0.493 e. The van der Waals surface area contributed by atoms with Gasteiger partial charge in [-0.25, -0.2) is 0 Å². The monoisotopic (exact) mass is 479 g/mol. The summed E-state index contributed by atoms with van der Waals surface area (Å²) in [5.74, 6) is 4.56. The highest BCUT2D eigenvalue weighted by Crippen LogP contribution is 2.58. The van der Waals surface area contributed by atoms with Crippen LogP contribution in [0.25, 0.3) is 0 Å². The highest BCUT2D eigenvalue weighted by Gasteiger charge is 2.31. The lowest BCUT2D eigenvalue weighted by molar-refractivity contribution is 0.295. The Kier molecular flexibility index (Phi) is 8.59. The average Bonchev–Trinajstić information content (AvgIpc) is 3.31. The fourth-order valence-electron chi connectivity index (χ4n) is 3.62. The summed E-state index contributed by atoms with van der Waals surface area (Å²) >= 11 is 3.86. The van der Waals surface area contributed by atoms with Crippen molar-refractivity contribution in [2.75, 3.05) is 59.8 Å². The van der Waals surface area contributed by atoms with E-state index in [0.717, 1.165) is 29.4 Å². The van der Waals surface area contributed by atoms with Crippen LogP contribution in [0, 0.1) is 0 Å². The summed E-state index contributed by atoms with van der Waals surface area (Å²) in [6, 6.07) is 8.43. The van der Waals surface area contributed by atoms with Crippen molar-refractivity contribution in [3.05, 3.63) is 35.4 Å². The van der Waals surface area contributed by atoms with Gasteiger partial charge in [0.25, 0.3) is 0 Å². The zero-order valence-electron chi connectivity index (χ0n) is 19.9. The summed E-state index contributed by atoms with van der Waals surface area (Å²) in [5.41, 5.74) is 3.42. The zero-order chi connectivity index (χ0) is 23.3. The van der Waals surface area contributed by atoms with E-state index in [0.29, 0.717) is 29.1 Å². The van der Waals surface area contributed by atoms with Crippen molar-refractivity contribution in [2.24, 2.45) is 0 Å². The molecular weight excluding hydrogens is 446 g/mol. The summed E-state index contributed by atoms with van der Waals surface area (Å²) < 4.78 is 28.6. The summed E-state index contributed by atoms with van der Waals surface area (Å²) in [5, 5.41) is 0.309. The van der Waals surface area contributed by atoms with Crippen molar-refractivity contribution in [2.45, 2.75) is 23.2 Å². The van der Waals surface area contributed by atoms with Crippen LogP contribution in [0.3, 0.4) is 0 Å². The van der Waals surface area contributed by atoms with Crippen molar-refractivity contribution in [3.8, 4) is 28.7 Å². The molecule has 32 heavy (non-hydrogen) atoms. The summed E-state index contributed by atoms with van der Waals surface area (Å²) in [6.45, 7) is 2.76. The normalized spacial score (nSPS) is 17.7. The lowest BCUT2D eigenvalue weighted by Gasteiger charge is -2.23. The van der Waals surface area contributed by atoms with Gasteiger partial charge in [0.2, 0.25) is 5.75 Å². The molecule has 0 N–H and O–H groups in total. The Morgan fingerprint density at radius 2 is 1.44 bits per heavy atom. The molecule has 1 aliphatic rings. The molecule has 1 saturated heterocycles. The van der Waals surface area contributed by atoms with Gasteiger partial charge in [-0.05, 0) is 41.8 Å². The maximum Gasteiger partial charge on any atom is 0.203 e. The molecule has 2 atom stereocenters. The molecule has 176 valence electrons. The van der Waals surface area contributed by atoms with Crippen LogP contribution in [0.15, 0.2) is 24.3 Å². The topological polar surface area (TPSA) is 49.4 Å². The molecular formula is C24H33NO5S2. The molecule has 0 bridgehead atoms. The molecule has 0 spiro atoms. The smallest absolute Gasteiger partial charge is 0.203 e. The van der Waals surface area contributed by atoms with Crippen LogP contribution in [0.5, 0.6) is 28.7 Å². The van der Waals surface area contributed by atoms with Crippen LogP contribution >= 0.6 is 23.5 Å². The Morgan fingerprint density at radius 1 is 0.844 bits per heavy atom. The van der Waals surface area contributed by atoms with Gasteiger partial charge in [0.1, 0.15) is 0 Å². The second-order valence-electron chi connectivity index (χ2n) is 7.56. The lowest BCUT2D eigenvalue weighted by atomic mass is 10.1. The Hall–Kier alpha value is -2.06. The first kappa shape index (κ1) is 24.6. The second kappa shape index (κ2) is 11.2. The molecule has 6 nitrogen and oxygen atoms in total. The molecule has 1 fully saturated rings. The largest absolute Gasteiger partial charge is 0.493 e. The van der Waals surface area contributed by atoms with E-state index in [4.69, 9.17) is 23.7 Å². The third-order valence-corrected chi connectivity index (χ3v) is 8.57. The summed E-state index contributed by atoms with van der Waals surface area (Å²) in [4.78, 5) is 2.08. The third-order valence-electron chi connectivity index (χ3n) is 5.23. The van der Waals surface area contributed by atoms with E-state index in [1.54, 1.807) is 28.4 Å². The van der Waals surface area contributed by atoms with Crippen molar-refractivity contribution in [3.63, 3.8) is 0 Å². The molecule has 2 aromatic carbocycles. The van der Waals surface area contributed by atoms with Gasteiger partial charge in [-0.2, -0.15) is 0 Å². The van der Waals surface area contributed by atoms with Crippen molar-refractivity contribution in [1.29, 1.82) is 0 Å². The maximum atomic E-state index is 6.03. The Morgan fingerprint density at radius 3 is 1.97 bits per heavy atom. The SMILES string of the molecule is CCCOc1c(OC)cc(C2SCC(c3cc(OC)c(OC)c(OC)c3)S2)cc1N(C)C.